The van der Waals surface area contributed by atoms with Crippen LogP contribution in [0, 0.1) is 0 Å². The maximum absolute atomic E-state index is 12.5. The normalized spacial score (nSPS) is 20.6. The molecule has 1 fully saturated rings. The molecular formula is C14H20N2O. The van der Waals surface area contributed by atoms with E-state index in [1.807, 2.05) is 49.1 Å². The average Bonchev–Trinajstić information content (AvgIpc) is 2.76. The monoisotopic (exact) mass is 232 g/mol. The lowest BCUT2D eigenvalue weighted by Crippen LogP contribution is -2.43. The molecule has 2 N–H and O–H groups in total. The second kappa shape index (κ2) is 4.49. The fourth-order valence-electron chi connectivity index (χ4n) is 2.35. The topological polar surface area (TPSA) is 46.3 Å². The number of carbonyl (C=O) groups is 1. The average molecular weight is 232 g/mol. The predicted octanol–water partition coefficient (Wildman–Crippen LogP) is 1.52. The lowest BCUT2D eigenvalue weighted by molar-refractivity contribution is -0.135. The number of likely N-dealkylation sites (tertiary alicyclic amines) is 1. The summed E-state index contributed by atoms with van der Waals surface area (Å²) in [5, 5.41) is 0. The largest absolute Gasteiger partial charge is 0.340 e. The molecule has 1 aliphatic heterocycles. The summed E-state index contributed by atoms with van der Waals surface area (Å²) in [4.78, 5) is 14.4. The van der Waals surface area contributed by atoms with Crippen molar-refractivity contribution in [3.05, 3.63) is 35.9 Å². The zero-order valence-electron chi connectivity index (χ0n) is 10.5. The molecule has 1 amide bonds. The third-order valence-electron chi connectivity index (χ3n) is 3.54. The van der Waals surface area contributed by atoms with Crippen LogP contribution in [-0.4, -0.2) is 29.9 Å². The predicted molar refractivity (Wildman–Crippen MR) is 68.6 cm³/mol. The van der Waals surface area contributed by atoms with Gasteiger partial charge in [-0.25, -0.2) is 0 Å². The van der Waals surface area contributed by atoms with Gasteiger partial charge in [-0.15, -0.1) is 0 Å². The third kappa shape index (κ3) is 2.34. The molecule has 17 heavy (non-hydrogen) atoms. The second-order valence-electron chi connectivity index (χ2n) is 5.29. The zero-order chi connectivity index (χ0) is 12.5. The highest BCUT2D eigenvalue weighted by molar-refractivity contribution is 5.87. The third-order valence-corrected chi connectivity index (χ3v) is 3.54. The molecule has 3 nitrogen and oxygen atoms in total. The summed E-state index contributed by atoms with van der Waals surface area (Å²) in [5.41, 5.74) is 6.44. The van der Waals surface area contributed by atoms with Gasteiger partial charge in [0.05, 0.1) is 5.41 Å². The van der Waals surface area contributed by atoms with Crippen LogP contribution in [0.5, 0.6) is 0 Å². The SMILES string of the molecule is CC(C)(C(=O)N1CCC(N)C1)c1ccccc1. The van der Waals surface area contributed by atoms with Gasteiger partial charge in [0.25, 0.3) is 0 Å². The summed E-state index contributed by atoms with van der Waals surface area (Å²) in [7, 11) is 0. The van der Waals surface area contributed by atoms with E-state index >= 15 is 0 Å². The zero-order valence-corrected chi connectivity index (χ0v) is 10.5. The molecule has 1 aromatic rings. The van der Waals surface area contributed by atoms with Gasteiger partial charge in [0.1, 0.15) is 0 Å². The van der Waals surface area contributed by atoms with Gasteiger partial charge < -0.3 is 10.6 Å². The van der Waals surface area contributed by atoms with E-state index in [2.05, 4.69) is 0 Å². The van der Waals surface area contributed by atoms with E-state index in [0.717, 1.165) is 18.5 Å². The van der Waals surface area contributed by atoms with Crippen LogP contribution in [0.4, 0.5) is 0 Å². The maximum Gasteiger partial charge on any atom is 0.232 e. The van der Waals surface area contributed by atoms with Crippen LogP contribution in [0.15, 0.2) is 30.3 Å². The number of benzene rings is 1. The minimum atomic E-state index is -0.467. The lowest BCUT2D eigenvalue weighted by atomic mass is 9.83. The van der Waals surface area contributed by atoms with Crippen LogP contribution in [0.1, 0.15) is 25.8 Å². The summed E-state index contributed by atoms with van der Waals surface area (Å²) < 4.78 is 0. The van der Waals surface area contributed by atoms with Crippen LogP contribution in [-0.2, 0) is 10.2 Å². The molecule has 2 rings (SSSR count). The first kappa shape index (κ1) is 12.1. The van der Waals surface area contributed by atoms with Crippen molar-refractivity contribution >= 4 is 5.91 Å². The van der Waals surface area contributed by atoms with Crippen molar-refractivity contribution in [2.45, 2.75) is 31.7 Å². The number of nitrogens with zero attached hydrogens (tertiary/aromatic N) is 1. The number of hydrogen-bond donors (Lipinski definition) is 1. The van der Waals surface area contributed by atoms with E-state index in [4.69, 9.17) is 5.73 Å². The molecular weight excluding hydrogens is 212 g/mol. The first-order valence-electron chi connectivity index (χ1n) is 6.12. The molecule has 1 atom stereocenters. The molecule has 1 heterocycles. The van der Waals surface area contributed by atoms with Crippen LogP contribution in [0.3, 0.4) is 0 Å². The molecule has 1 unspecified atom stereocenters. The van der Waals surface area contributed by atoms with Crippen molar-refractivity contribution in [1.29, 1.82) is 0 Å². The Morgan fingerprint density at radius 2 is 2.00 bits per heavy atom. The molecule has 0 aliphatic carbocycles. The smallest absolute Gasteiger partial charge is 0.232 e. The Labute approximate surface area is 103 Å². The highest BCUT2D eigenvalue weighted by atomic mass is 16.2. The van der Waals surface area contributed by atoms with E-state index in [-0.39, 0.29) is 11.9 Å². The highest BCUT2D eigenvalue weighted by Gasteiger charge is 2.36. The first-order chi connectivity index (χ1) is 8.01. The van der Waals surface area contributed by atoms with Crippen LogP contribution >= 0.6 is 0 Å². The molecule has 92 valence electrons. The Morgan fingerprint density at radius 1 is 1.35 bits per heavy atom. The molecule has 1 saturated heterocycles. The van der Waals surface area contributed by atoms with Gasteiger partial charge in [-0.2, -0.15) is 0 Å². The quantitative estimate of drug-likeness (QED) is 0.840. The minimum Gasteiger partial charge on any atom is -0.340 e. The lowest BCUT2D eigenvalue weighted by Gasteiger charge is -2.29. The van der Waals surface area contributed by atoms with Gasteiger partial charge in [0.15, 0.2) is 0 Å². The molecule has 3 heteroatoms. The fraction of sp³-hybridized carbons (Fsp3) is 0.500. The fourth-order valence-corrected chi connectivity index (χ4v) is 2.35. The highest BCUT2D eigenvalue weighted by Crippen LogP contribution is 2.27. The van der Waals surface area contributed by atoms with Crippen molar-refractivity contribution in [1.82, 2.24) is 4.90 Å². The van der Waals surface area contributed by atoms with Gasteiger partial charge in [-0.05, 0) is 25.8 Å². The van der Waals surface area contributed by atoms with E-state index in [9.17, 15) is 4.79 Å². The maximum atomic E-state index is 12.5. The second-order valence-corrected chi connectivity index (χ2v) is 5.29. The number of rotatable bonds is 2. The van der Waals surface area contributed by atoms with Crippen molar-refractivity contribution < 1.29 is 4.79 Å². The molecule has 0 bridgehead atoms. The molecule has 0 saturated carbocycles. The van der Waals surface area contributed by atoms with Crippen molar-refractivity contribution in [3.63, 3.8) is 0 Å². The van der Waals surface area contributed by atoms with Gasteiger partial charge in [-0.1, -0.05) is 30.3 Å². The van der Waals surface area contributed by atoms with Gasteiger partial charge in [0, 0.05) is 19.1 Å². The first-order valence-corrected chi connectivity index (χ1v) is 6.12. The summed E-state index contributed by atoms with van der Waals surface area (Å²) in [6.07, 6.45) is 0.913. The van der Waals surface area contributed by atoms with Crippen molar-refractivity contribution in [2.24, 2.45) is 5.73 Å². The molecule has 1 aromatic carbocycles. The Kier molecular flexibility index (Phi) is 3.20. The molecule has 0 radical (unpaired) electrons. The van der Waals surface area contributed by atoms with E-state index in [1.54, 1.807) is 0 Å². The van der Waals surface area contributed by atoms with Crippen molar-refractivity contribution in [2.75, 3.05) is 13.1 Å². The van der Waals surface area contributed by atoms with E-state index < -0.39 is 5.41 Å². The standard InChI is InChI=1S/C14H20N2O/c1-14(2,11-6-4-3-5-7-11)13(17)16-9-8-12(15)10-16/h3-7,12H,8-10,15H2,1-2H3. The molecule has 1 aliphatic rings. The number of hydrogen-bond acceptors (Lipinski definition) is 2. The van der Waals surface area contributed by atoms with E-state index in [0.29, 0.717) is 6.54 Å². The van der Waals surface area contributed by atoms with E-state index in [1.165, 1.54) is 0 Å². The molecule has 0 spiro atoms. The van der Waals surface area contributed by atoms with Crippen LogP contribution in [0.2, 0.25) is 0 Å². The Balaban J connectivity index is 2.18. The van der Waals surface area contributed by atoms with Crippen molar-refractivity contribution in [3.8, 4) is 0 Å². The van der Waals surface area contributed by atoms with Crippen LogP contribution < -0.4 is 5.73 Å². The number of nitrogens with two attached hydrogens (primary N) is 1. The summed E-state index contributed by atoms with van der Waals surface area (Å²) in [5.74, 6) is 0.177. The van der Waals surface area contributed by atoms with Gasteiger partial charge in [-0.3, -0.25) is 4.79 Å². The number of carbonyl (C=O) groups excluding carboxylic acids is 1. The Morgan fingerprint density at radius 3 is 2.53 bits per heavy atom. The number of amides is 1. The Hall–Kier alpha value is -1.35. The minimum absolute atomic E-state index is 0.144. The van der Waals surface area contributed by atoms with Gasteiger partial charge >= 0.3 is 0 Å². The van der Waals surface area contributed by atoms with Crippen LogP contribution in [0.25, 0.3) is 0 Å². The summed E-state index contributed by atoms with van der Waals surface area (Å²) in [6.45, 7) is 5.44. The summed E-state index contributed by atoms with van der Waals surface area (Å²) >= 11 is 0. The summed E-state index contributed by atoms with van der Waals surface area (Å²) in [6, 6.07) is 10.1. The van der Waals surface area contributed by atoms with Gasteiger partial charge in [0.2, 0.25) is 5.91 Å². The molecule has 0 aromatic heterocycles. The Bertz CT molecular complexity index is 400.